The number of alkyl halides is 3. The lowest BCUT2D eigenvalue weighted by atomic mass is 10.1. The predicted molar refractivity (Wildman–Crippen MR) is 110 cm³/mol. The highest BCUT2D eigenvalue weighted by atomic mass is 32.2. The second kappa shape index (κ2) is 10.6. The zero-order chi connectivity index (χ0) is 23.9. The Kier molecular flexibility index (Phi) is 8.39. The summed E-state index contributed by atoms with van der Waals surface area (Å²) in [6.07, 6.45) is -3.82. The molecule has 0 saturated carbocycles. The van der Waals surface area contributed by atoms with Crippen molar-refractivity contribution in [3.8, 4) is 0 Å². The SMILES string of the molecule is CCc1ccc(CN(C)C(=O)COC(=O)CNS(=O)(=O)c2cccc(C(F)(F)F)c2)cc1. The molecule has 0 radical (unpaired) electrons. The smallest absolute Gasteiger partial charge is 0.416 e. The van der Waals surface area contributed by atoms with Crippen LogP contribution in [0.2, 0.25) is 0 Å². The zero-order valence-corrected chi connectivity index (χ0v) is 18.3. The lowest BCUT2D eigenvalue weighted by Gasteiger charge is -2.17. The number of hydrogen-bond donors (Lipinski definition) is 1. The van der Waals surface area contributed by atoms with Crippen LogP contribution in [0.5, 0.6) is 0 Å². The number of ether oxygens (including phenoxy) is 1. The van der Waals surface area contributed by atoms with Crippen molar-refractivity contribution in [2.75, 3.05) is 20.2 Å². The number of halogens is 3. The Morgan fingerprint density at radius 3 is 2.28 bits per heavy atom. The summed E-state index contributed by atoms with van der Waals surface area (Å²) in [6.45, 7) is 0.878. The fourth-order valence-electron chi connectivity index (χ4n) is 2.62. The molecular weight excluding hydrogens is 449 g/mol. The first kappa shape index (κ1) is 25.3. The molecule has 0 atom stereocenters. The molecule has 0 aliphatic carbocycles. The second-order valence-corrected chi connectivity index (χ2v) is 8.70. The molecule has 1 amide bonds. The van der Waals surface area contributed by atoms with Gasteiger partial charge in [-0.05, 0) is 35.7 Å². The van der Waals surface area contributed by atoms with Gasteiger partial charge in [0.15, 0.2) is 6.61 Å². The Morgan fingerprint density at radius 1 is 1.06 bits per heavy atom. The van der Waals surface area contributed by atoms with E-state index in [4.69, 9.17) is 4.74 Å². The van der Waals surface area contributed by atoms with Crippen molar-refractivity contribution < 1.29 is 35.9 Å². The standard InChI is InChI=1S/C21H23F3N2O5S/c1-3-15-7-9-16(10-8-15)13-26(2)19(27)14-31-20(28)12-25-32(29,30)18-6-4-5-17(11-18)21(22,23)24/h4-11,25H,3,12-14H2,1-2H3. The molecule has 2 aromatic carbocycles. The Morgan fingerprint density at radius 2 is 1.69 bits per heavy atom. The van der Waals surface area contributed by atoms with Crippen molar-refractivity contribution in [2.45, 2.75) is 31.0 Å². The summed E-state index contributed by atoms with van der Waals surface area (Å²) >= 11 is 0. The van der Waals surface area contributed by atoms with Gasteiger partial charge in [0.05, 0.1) is 10.5 Å². The molecular formula is C21H23F3N2O5S. The summed E-state index contributed by atoms with van der Waals surface area (Å²) in [4.78, 5) is 24.6. The third kappa shape index (κ3) is 7.34. The van der Waals surface area contributed by atoms with Crippen LogP contribution >= 0.6 is 0 Å². The molecule has 0 bridgehead atoms. The van der Waals surface area contributed by atoms with Gasteiger partial charge in [-0.25, -0.2) is 8.42 Å². The van der Waals surface area contributed by atoms with Gasteiger partial charge in [-0.1, -0.05) is 37.3 Å². The third-order valence-corrected chi connectivity index (χ3v) is 5.91. The lowest BCUT2D eigenvalue weighted by molar-refractivity contribution is -0.150. The zero-order valence-electron chi connectivity index (χ0n) is 17.5. The van der Waals surface area contributed by atoms with Crippen LogP contribution in [0.1, 0.15) is 23.6 Å². The molecule has 7 nitrogen and oxygen atoms in total. The average Bonchev–Trinajstić information content (AvgIpc) is 2.76. The second-order valence-electron chi connectivity index (χ2n) is 6.93. The van der Waals surface area contributed by atoms with E-state index in [1.165, 1.54) is 11.9 Å². The van der Waals surface area contributed by atoms with E-state index in [0.717, 1.165) is 35.7 Å². The molecule has 0 unspecified atom stereocenters. The molecule has 2 aromatic rings. The van der Waals surface area contributed by atoms with Crippen LogP contribution in [-0.4, -0.2) is 45.4 Å². The first-order valence-corrected chi connectivity index (χ1v) is 11.0. The average molecular weight is 472 g/mol. The molecule has 0 aromatic heterocycles. The monoisotopic (exact) mass is 472 g/mol. The van der Waals surface area contributed by atoms with Gasteiger partial charge in [-0.15, -0.1) is 0 Å². The topological polar surface area (TPSA) is 92.8 Å². The van der Waals surface area contributed by atoms with E-state index < -0.39 is 51.7 Å². The highest BCUT2D eigenvalue weighted by molar-refractivity contribution is 7.89. The number of carbonyl (C=O) groups excluding carboxylic acids is 2. The molecule has 0 aliphatic heterocycles. The maximum Gasteiger partial charge on any atom is 0.416 e. The van der Waals surface area contributed by atoms with Crippen LogP contribution in [0, 0.1) is 0 Å². The summed E-state index contributed by atoms with van der Waals surface area (Å²) in [5, 5.41) is 0. The van der Waals surface area contributed by atoms with Gasteiger partial charge in [0.2, 0.25) is 10.0 Å². The molecule has 0 aliphatic rings. The minimum absolute atomic E-state index is 0.294. The van der Waals surface area contributed by atoms with E-state index in [2.05, 4.69) is 0 Å². The lowest BCUT2D eigenvalue weighted by Crippen LogP contribution is -2.34. The molecule has 0 spiro atoms. The van der Waals surface area contributed by atoms with Gasteiger partial charge in [0.1, 0.15) is 6.54 Å². The number of aryl methyl sites for hydroxylation is 1. The van der Waals surface area contributed by atoms with E-state index in [1.54, 1.807) is 0 Å². The van der Waals surface area contributed by atoms with Gasteiger partial charge >= 0.3 is 12.1 Å². The third-order valence-electron chi connectivity index (χ3n) is 4.51. The van der Waals surface area contributed by atoms with Gasteiger partial charge in [-0.3, -0.25) is 9.59 Å². The Labute approximate surface area is 184 Å². The van der Waals surface area contributed by atoms with Crippen LogP contribution in [0.15, 0.2) is 53.4 Å². The molecule has 0 heterocycles. The fraction of sp³-hybridized carbons (Fsp3) is 0.333. The van der Waals surface area contributed by atoms with Crippen molar-refractivity contribution in [3.05, 3.63) is 65.2 Å². The first-order valence-electron chi connectivity index (χ1n) is 9.56. The number of hydrogen-bond acceptors (Lipinski definition) is 5. The number of amides is 1. The number of carbonyl (C=O) groups is 2. The molecule has 0 saturated heterocycles. The normalized spacial score (nSPS) is 11.8. The Bertz CT molecular complexity index is 1050. The fourth-order valence-corrected chi connectivity index (χ4v) is 3.64. The summed E-state index contributed by atoms with van der Waals surface area (Å²) in [5.74, 6) is -1.55. The van der Waals surface area contributed by atoms with Crippen molar-refractivity contribution >= 4 is 21.9 Å². The van der Waals surface area contributed by atoms with Crippen molar-refractivity contribution in [2.24, 2.45) is 0 Å². The van der Waals surface area contributed by atoms with Gasteiger partial charge < -0.3 is 9.64 Å². The number of nitrogens with zero attached hydrogens (tertiary/aromatic N) is 1. The quantitative estimate of drug-likeness (QED) is 0.567. The van der Waals surface area contributed by atoms with E-state index in [1.807, 2.05) is 35.9 Å². The maximum absolute atomic E-state index is 12.8. The van der Waals surface area contributed by atoms with Gasteiger partial charge in [-0.2, -0.15) is 17.9 Å². The molecule has 1 N–H and O–H groups in total. The number of likely N-dealkylation sites (N-methyl/N-ethyl adjacent to an activating group) is 1. The van der Waals surface area contributed by atoms with Crippen molar-refractivity contribution in [3.63, 3.8) is 0 Å². The summed E-state index contributed by atoms with van der Waals surface area (Å²) in [6, 6.07) is 10.8. The van der Waals surface area contributed by atoms with Gasteiger partial charge in [0, 0.05) is 13.6 Å². The van der Waals surface area contributed by atoms with Crippen molar-refractivity contribution in [1.29, 1.82) is 0 Å². The predicted octanol–water partition coefficient (Wildman–Crippen LogP) is 2.75. The largest absolute Gasteiger partial charge is 0.455 e. The molecule has 32 heavy (non-hydrogen) atoms. The van der Waals surface area contributed by atoms with E-state index in [0.29, 0.717) is 12.6 Å². The summed E-state index contributed by atoms with van der Waals surface area (Å²) in [5.41, 5.74) is 0.906. The van der Waals surface area contributed by atoms with E-state index >= 15 is 0 Å². The number of rotatable bonds is 9. The number of sulfonamides is 1. The van der Waals surface area contributed by atoms with Crippen LogP contribution in [0.3, 0.4) is 0 Å². The minimum Gasteiger partial charge on any atom is -0.455 e. The van der Waals surface area contributed by atoms with Crippen LogP contribution in [0.25, 0.3) is 0 Å². The van der Waals surface area contributed by atoms with E-state index in [9.17, 15) is 31.2 Å². The van der Waals surface area contributed by atoms with Crippen molar-refractivity contribution in [1.82, 2.24) is 9.62 Å². The number of benzene rings is 2. The van der Waals surface area contributed by atoms with Crippen LogP contribution < -0.4 is 4.72 Å². The summed E-state index contributed by atoms with van der Waals surface area (Å²) < 4.78 is 69.2. The first-order chi connectivity index (χ1) is 14.9. The maximum atomic E-state index is 12.8. The highest BCUT2D eigenvalue weighted by Crippen LogP contribution is 2.30. The number of nitrogens with one attached hydrogen (secondary N) is 1. The van der Waals surface area contributed by atoms with Crippen LogP contribution in [0.4, 0.5) is 13.2 Å². The Hall–Kier alpha value is -2.92. The van der Waals surface area contributed by atoms with Gasteiger partial charge in [0.25, 0.3) is 5.91 Å². The number of esters is 1. The molecule has 0 fully saturated rings. The molecule has 174 valence electrons. The van der Waals surface area contributed by atoms with E-state index in [-0.39, 0.29) is 0 Å². The molecule has 2 rings (SSSR count). The minimum atomic E-state index is -4.71. The molecule has 11 heteroatoms. The highest BCUT2D eigenvalue weighted by Gasteiger charge is 2.31. The Balaban J connectivity index is 1.85. The van der Waals surface area contributed by atoms with Crippen LogP contribution in [-0.2, 0) is 43.5 Å². The summed E-state index contributed by atoms with van der Waals surface area (Å²) in [7, 11) is -2.86.